The zero-order chi connectivity index (χ0) is 16.2. The molecule has 2 unspecified atom stereocenters. The fourth-order valence-electron chi connectivity index (χ4n) is 1.69. The molecule has 2 atom stereocenters. The lowest BCUT2D eigenvalue weighted by atomic mass is 10.1. The second-order valence-corrected chi connectivity index (χ2v) is 7.38. The highest BCUT2D eigenvalue weighted by Crippen LogP contribution is 2.18. The van der Waals surface area contributed by atoms with Crippen molar-refractivity contribution in [2.45, 2.75) is 24.8 Å². The Morgan fingerprint density at radius 3 is 2.19 bits per heavy atom. The van der Waals surface area contributed by atoms with Crippen molar-refractivity contribution in [3.05, 3.63) is 29.8 Å². The molecule has 0 saturated heterocycles. The Hall–Kier alpha value is -1.44. The normalized spacial score (nSPS) is 14.8. The molecule has 1 aromatic rings. The number of rotatable bonds is 6. The Kier molecular flexibility index (Phi) is 5.88. The Morgan fingerprint density at radius 1 is 1.24 bits per heavy atom. The third kappa shape index (κ3) is 4.26. The molecule has 0 fully saturated rings. The van der Waals surface area contributed by atoms with Crippen molar-refractivity contribution in [1.82, 2.24) is 9.62 Å². The smallest absolute Gasteiger partial charge is 0.242 e. The van der Waals surface area contributed by atoms with E-state index in [2.05, 4.69) is 5.32 Å². The van der Waals surface area contributed by atoms with Crippen LogP contribution < -0.4 is 11.1 Å². The predicted molar refractivity (Wildman–Crippen MR) is 82.1 cm³/mol. The van der Waals surface area contributed by atoms with E-state index in [0.29, 0.717) is 6.54 Å². The number of nitrogens with two attached hydrogens (primary N) is 1. The van der Waals surface area contributed by atoms with Crippen molar-refractivity contribution in [2.75, 3.05) is 20.6 Å². The first-order valence-electron chi connectivity index (χ1n) is 6.73. The molecule has 1 rings (SSSR count). The highest BCUT2D eigenvalue weighted by atomic mass is 32.2. The fourth-order valence-corrected chi connectivity index (χ4v) is 2.59. The second-order valence-electron chi connectivity index (χ2n) is 5.22. The molecule has 0 radical (unpaired) electrons. The van der Waals surface area contributed by atoms with E-state index >= 15 is 0 Å². The van der Waals surface area contributed by atoms with Crippen molar-refractivity contribution in [2.24, 2.45) is 11.7 Å². The van der Waals surface area contributed by atoms with E-state index in [4.69, 9.17) is 5.73 Å². The molecule has 0 aliphatic heterocycles. The minimum absolute atomic E-state index is 0.116. The maximum Gasteiger partial charge on any atom is 0.242 e. The molecule has 0 aliphatic rings. The molecule has 6 nitrogen and oxygen atoms in total. The van der Waals surface area contributed by atoms with Gasteiger partial charge in [-0.05, 0) is 24.6 Å². The van der Waals surface area contributed by atoms with Gasteiger partial charge in [0.25, 0.3) is 0 Å². The van der Waals surface area contributed by atoms with Gasteiger partial charge in [0.2, 0.25) is 15.9 Å². The van der Waals surface area contributed by atoms with E-state index in [9.17, 15) is 13.2 Å². The van der Waals surface area contributed by atoms with Crippen molar-refractivity contribution in [1.29, 1.82) is 0 Å². The Balaban J connectivity index is 2.86. The van der Waals surface area contributed by atoms with Gasteiger partial charge in [-0.2, -0.15) is 0 Å². The number of hydrogen-bond acceptors (Lipinski definition) is 4. The van der Waals surface area contributed by atoms with Gasteiger partial charge in [0, 0.05) is 26.6 Å². The van der Waals surface area contributed by atoms with Crippen LogP contribution in [-0.2, 0) is 14.8 Å². The van der Waals surface area contributed by atoms with Gasteiger partial charge < -0.3 is 11.1 Å². The Morgan fingerprint density at radius 2 is 1.76 bits per heavy atom. The fraction of sp³-hybridized carbons (Fsp3) is 0.500. The number of nitrogens with one attached hydrogen (secondary N) is 1. The molecular formula is C14H23N3O3S. The molecular weight excluding hydrogens is 290 g/mol. The van der Waals surface area contributed by atoms with Crippen LogP contribution in [0.1, 0.15) is 25.5 Å². The number of hydrogen-bond donors (Lipinski definition) is 2. The lowest BCUT2D eigenvalue weighted by Gasteiger charge is -2.18. The van der Waals surface area contributed by atoms with Gasteiger partial charge in [-0.25, -0.2) is 12.7 Å². The highest BCUT2D eigenvalue weighted by Gasteiger charge is 2.18. The molecule has 0 aromatic heterocycles. The van der Waals surface area contributed by atoms with E-state index in [1.807, 2.05) is 6.92 Å². The molecule has 0 spiro atoms. The molecule has 1 aromatic carbocycles. The number of carbonyl (C=O) groups excluding carboxylic acids is 1. The van der Waals surface area contributed by atoms with Crippen molar-refractivity contribution >= 4 is 15.9 Å². The number of carbonyl (C=O) groups is 1. The van der Waals surface area contributed by atoms with Gasteiger partial charge in [0.05, 0.1) is 10.9 Å². The summed E-state index contributed by atoms with van der Waals surface area (Å²) in [6.45, 7) is 3.89. The van der Waals surface area contributed by atoms with E-state index in [1.54, 1.807) is 31.2 Å². The minimum atomic E-state index is -3.43. The quantitative estimate of drug-likeness (QED) is 0.809. The average molecular weight is 313 g/mol. The van der Waals surface area contributed by atoms with Crippen molar-refractivity contribution in [3.8, 4) is 0 Å². The zero-order valence-electron chi connectivity index (χ0n) is 12.8. The van der Waals surface area contributed by atoms with E-state index in [-0.39, 0.29) is 22.8 Å². The molecule has 1 amide bonds. The number of benzene rings is 1. The van der Waals surface area contributed by atoms with Crippen LogP contribution in [0.15, 0.2) is 29.2 Å². The monoisotopic (exact) mass is 313 g/mol. The SMILES string of the molecule is CC(CN)C(=O)NC(C)c1ccc(S(=O)(=O)N(C)C)cc1. The Bertz CT molecular complexity index is 582. The summed E-state index contributed by atoms with van der Waals surface area (Å²) in [6, 6.07) is 6.28. The summed E-state index contributed by atoms with van der Waals surface area (Å²) < 4.78 is 25.1. The Labute approximate surface area is 126 Å². The summed E-state index contributed by atoms with van der Waals surface area (Å²) >= 11 is 0. The number of nitrogens with zero attached hydrogens (tertiary/aromatic N) is 1. The molecule has 3 N–H and O–H groups in total. The van der Waals surface area contributed by atoms with Gasteiger partial charge in [0.15, 0.2) is 0 Å². The first-order chi connectivity index (χ1) is 9.70. The lowest BCUT2D eigenvalue weighted by molar-refractivity contribution is -0.124. The first-order valence-corrected chi connectivity index (χ1v) is 8.17. The summed E-state index contributed by atoms with van der Waals surface area (Å²) in [6.07, 6.45) is 0. The topological polar surface area (TPSA) is 92.5 Å². The molecule has 21 heavy (non-hydrogen) atoms. The van der Waals surface area contributed by atoms with E-state index in [0.717, 1.165) is 9.87 Å². The predicted octanol–water partition coefficient (Wildman–Crippen LogP) is 0.709. The van der Waals surface area contributed by atoms with Gasteiger partial charge in [-0.3, -0.25) is 4.79 Å². The standard InChI is InChI=1S/C14H23N3O3S/c1-10(9-15)14(18)16-11(2)12-5-7-13(8-6-12)21(19,20)17(3)4/h5-8,10-11H,9,15H2,1-4H3,(H,16,18). The molecule has 0 heterocycles. The van der Waals surface area contributed by atoms with Crippen LogP contribution in [0.5, 0.6) is 0 Å². The van der Waals surface area contributed by atoms with Gasteiger partial charge in [-0.1, -0.05) is 19.1 Å². The third-order valence-corrected chi connectivity index (χ3v) is 5.15. The lowest BCUT2D eigenvalue weighted by Crippen LogP contribution is -2.34. The van der Waals surface area contributed by atoms with E-state index < -0.39 is 10.0 Å². The summed E-state index contributed by atoms with van der Waals surface area (Å²) in [5, 5.41) is 2.85. The van der Waals surface area contributed by atoms with Crippen LogP contribution in [0.2, 0.25) is 0 Å². The van der Waals surface area contributed by atoms with Gasteiger partial charge >= 0.3 is 0 Å². The molecule has 7 heteroatoms. The first kappa shape index (κ1) is 17.6. The van der Waals surface area contributed by atoms with Crippen LogP contribution >= 0.6 is 0 Å². The maximum atomic E-state index is 12.0. The average Bonchev–Trinajstić information content (AvgIpc) is 2.46. The molecule has 0 bridgehead atoms. The van der Waals surface area contributed by atoms with Crippen LogP contribution in [0.4, 0.5) is 0 Å². The van der Waals surface area contributed by atoms with E-state index in [1.165, 1.54) is 14.1 Å². The van der Waals surface area contributed by atoms with Crippen LogP contribution in [0.3, 0.4) is 0 Å². The zero-order valence-corrected chi connectivity index (χ0v) is 13.6. The molecule has 118 valence electrons. The molecule has 0 saturated carbocycles. The second kappa shape index (κ2) is 7.02. The third-order valence-electron chi connectivity index (χ3n) is 3.32. The summed E-state index contributed by atoms with van der Waals surface area (Å²) in [5.74, 6) is -0.365. The summed E-state index contributed by atoms with van der Waals surface area (Å²) in [7, 11) is -0.458. The summed E-state index contributed by atoms with van der Waals surface area (Å²) in [4.78, 5) is 12.0. The highest BCUT2D eigenvalue weighted by molar-refractivity contribution is 7.89. The van der Waals surface area contributed by atoms with Crippen molar-refractivity contribution in [3.63, 3.8) is 0 Å². The number of amides is 1. The van der Waals surface area contributed by atoms with Crippen LogP contribution in [-0.4, -0.2) is 39.3 Å². The minimum Gasteiger partial charge on any atom is -0.349 e. The summed E-state index contributed by atoms with van der Waals surface area (Å²) in [5.41, 5.74) is 6.29. The van der Waals surface area contributed by atoms with Crippen molar-refractivity contribution < 1.29 is 13.2 Å². The van der Waals surface area contributed by atoms with Crippen LogP contribution in [0, 0.1) is 5.92 Å². The number of sulfonamides is 1. The molecule has 0 aliphatic carbocycles. The van der Waals surface area contributed by atoms with Gasteiger partial charge in [-0.15, -0.1) is 0 Å². The van der Waals surface area contributed by atoms with Gasteiger partial charge in [0.1, 0.15) is 0 Å². The van der Waals surface area contributed by atoms with Crippen LogP contribution in [0.25, 0.3) is 0 Å². The largest absolute Gasteiger partial charge is 0.349 e. The maximum absolute atomic E-state index is 12.0.